The number of pyridine rings is 1. The van der Waals surface area contributed by atoms with E-state index in [9.17, 15) is 0 Å². The molecule has 2 aliphatic rings. The quantitative estimate of drug-likeness (QED) is 0.246. The highest BCUT2D eigenvalue weighted by Crippen LogP contribution is 2.17. The van der Waals surface area contributed by atoms with E-state index >= 15 is 0 Å². The highest BCUT2D eigenvalue weighted by Gasteiger charge is 2.20. The van der Waals surface area contributed by atoms with Crippen molar-refractivity contribution in [3.63, 3.8) is 0 Å². The van der Waals surface area contributed by atoms with Crippen molar-refractivity contribution in [2.45, 2.75) is 31.7 Å². The number of guanidine groups is 1. The molecule has 2 N–H and O–H groups in total. The van der Waals surface area contributed by atoms with Gasteiger partial charge in [-0.25, -0.2) is 4.98 Å². The molecule has 0 saturated carbocycles. The molecule has 158 valence electrons. The highest BCUT2D eigenvalue weighted by atomic mass is 127. The van der Waals surface area contributed by atoms with Gasteiger partial charge in [-0.2, -0.15) is 0 Å². The SMILES string of the molecule is CN=C(NCCCOCC1CCOC1)NC1CCN(c2ccccn2)CC1.I. The van der Waals surface area contributed by atoms with E-state index in [4.69, 9.17) is 9.47 Å². The second kappa shape index (κ2) is 13.2. The monoisotopic (exact) mass is 503 g/mol. The van der Waals surface area contributed by atoms with Crippen LogP contribution in [-0.2, 0) is 9.47 Å². The van der Waals surface area contributed by atoms with Crippen molar-refractivity contribution in [3.05, 3.63) is 24.4 Å². The number of nitrogens with zero attached hydrogens (tertiary/aromatic N) is 3. The number of aromatic nitrogens is 1. The maximum absolute atomic E-state index is 5.75. The van der Waals surface area contributed by atoms with Gasteiger partial charge in [0.05, 0.1) is 13.2 Å². The molecule has 0 amide bonds. The largest absolute Gasteiger partial charge is 0.381 e. The number of anilines is 1. The van der Waals surface area contributed by atoms with Crippen LogP contribution in [0, 0.1) is 5.92 Å². The zero-order valence-corrected chi connectivity index (χ0v) is 19.1. The Morgan fingerprint density at radius 3 is 2.86 bits per heavy atom. The molecule has 0 spiro atoms. The summed E-state index contributed by atoms with van der Waals surface area (Å²) in [7, 11) is 1.83. The highest BCUT2D eigenvalue weighted by molar-refractivity contribution is 14.0. The third kappa shape index (κ3) is 7.71. The number of nitrogens with one attached hydrogen (secondary N) is 2. The van der Waals surface area contributed by atoms with Crippen LogP contribution in [0.5, 0.6) is 0 Å². The molecule has 2 fully saturated rings. The van der Waals surface area contributed by atoms with Crippen LogP contribution in [-0.4, -0.2) is 70.1 Å². The lowest BCUT2D eigenvalue weighted by Crippen LogP contribution is -2.49. The molecular weight excluding hydrogens is 469 g/mol. The summed E-state index contributed by atoms with van der Waals surface area (Å²) in [5, 5.41) is 6.94. The van der Waals surface area contributed by atoms with Crippen molar-refractivity contribution in [3.8, 4) is 0 Å². The zero-order valence-electron chi connectivity index (χ0n) is 16.8. The van der Waals surface area contributed by atoms with E-state index < -0.39 is 0 Å². The normalized spacial score (nSPS) is 20.7. The van der Waals surface area contributed by atoms with Gasteiger partial charge < -0.3 is 25.0 Å². The number of halogens is 1. The Labute approximate surface area is 185 Å². The Bertz CT molecular complexity index is 561. The maximum atomic E-state index is 5.75. The summed E-state index contributed by atoms with van der Waals surface area (Å²) in [6.45, 7) is 6.25. The van der Waals surface area contributed by atoms with Crippen LogP contribution in [0.25, 0.3) is 0 Å². The smallest absolute Gasteiger partial charge is 0.191 e. The first-order valence-corrected chi connectivity index (χ1v) is 10.1. The van der Waals surface area contributed by atoms with Crippen LogP contribution in [0.15, 0.2) is 29.4 Å². The number of hydrogen-bond donors (Lipinski definition) is 2. The summed E-state index contributed by atoms with van der Waals surface area (Å²) in [6.07, 6.45) is 6.14. The van der Waals surface area contributed by atoms with Crippen molar-refractivity contribution >= 4 is 35.8 Å². The summed E-state index contributed by atoms with van der Waals surface area (Å²) < 4.78 is 11.1. The van der Waals surface area contributed by atoms with Gasteiger partial charge in [-0.15, -0.1) is 24.0 Å². The van der Waals surface area contributed by atoms with E-state index in [0.29, 0.717) is 12.0 Å². The third-order valence-electron chi connectivity index (χ3n) is 5.17. The Kier molecular flexibility index (Phi) is 10.9. The average molecular weight is 503 g/mol. The lowest BCUT2D eigenvalue weighted by molar-refractivity contribution is 0.0888. The summed E-state index contributed by atoms with van der Waals surface area (Å²) in [4.78, 5) is 11.1. The molecule has 1 atom stereocenters. The van der Waals surface area contributed by atoms with E-state index in [2.05, 4.69) is 31.6 Å². The fraction of sp³-hybridized carbons (Fsp3) is 0.700. The summed E-state index contributed by atoms with van der Waals surface area (Å²) >= 11 is 0. The predicted molar refractivity (Wildman–Crippen MR) is 124 cm³/mol. The molecule has 1 aromatic rings. The van der Waals surface area contributed by atoms with Crippen LogP contribution < -0.4 is 15.5 Å². The van der Waals surface area contributed by atoms with Gasteiger partial charge in [0.25, 0.3) is 0 Å². The van der Waals surface area contributed by atoms with E-state index in [0.717, 1.165) is 83.5 Å². The van der Waals surface area contributed by atoms with Crippen LogP contribution in [0.1, 0.15) is 25.7 Å². The fourth-order valence-electron chi connectivity index (χ4n) is 3.53. The molecule has 8 heteroatoms. The van der Waals surface area contributed by atoms with E-state index in [-0.39, 0.29) is 24.0 Å². The molecule has 7 nitrogen and oxygen atoms in total. The first-order chi connectivity index (χ1) is 13.3. The van der Waals surface area contributed by atoms with Crippen molar-refractivity contribution in [2.24, 2.45) is 10.9 Å². The number of aliphatic imine (C=N–C) groups is 1. The minimum atomic E-state index is 0. The van der Waals surface area contributed by atoms with Gasteiger partial charge in [0, 0.05) is 58.1 Å². The number of hydrogen-bond acceptors (Lipinski definition) is 5. The molecule has 0 aliphatic carbocycles. The molecular formula is C20H34IN5O2. The van der Waals surface area contributed by atoms with Crippen molar-refractivity contribution in [2.75, 3.05) is 58.0 Å². The first-order valence-electron chi connectivity index (χ1n) is 10.1. The molecule has 0 bridgehead atoms. The molecule has 2 aliphatic heterocycles. The lowest BCUT2D eigenvalue weighted by atomic mass is 10.1. The molecule has 2 saturated heterocycles. The lowest BCUT2D eigenvalue weighted by Gasteiger charge is -2.33. The minimum absolute atomic E-state index is 0. The summed E-state index contributed by atoms with van der Waals surface area (Å²) in [5.41, 5.74) is 0. The molecule has 28 heavy (non-hydrogen) atoms. The van der Waals surface area contributed by atoms with Crippen molar-refractivity contribution in [1.29, 1.82) is 0 Å². The second-order valence-corrected chi connectivity index (χ2v) is 7.25. The van der Waals surface area contributed by atoms with Gasteiger partial charge in [-0.1, -0.05) is 6.07 Å². The molecule has 0 radical (unpaired) electrons. The Balaban J connectivity index is 0.00000280. The average Bonchev–Trinajstić information content (AvgIpc) is 3.24. The van der Waals surface area contributed by atoms with Gasteiger partial charge in [-0.05, 0) is 37.8 Å². The van der Waals surface area contributed by atoms with Crippen LogP contribution >= 0.6 is 24.0 Å². The Morgan fingerprint density at radius 2 is 2.18 bits per heavy atom. The topological polar surface area (TPSA) is 71.0 Å². The fourth-order valence-corrected chi connectivity index (χ4v) is 3.53. The molecule has 1 unspecified atom stereocenters. The van der Waals surface area contributed by atoms with Gasteiger partial charge in [-0.3, -0.25) is 4.99 Å². The molecule has 3 heterocycles. The van der Waals surface area contributed by atoms with E-state index in [1.54, 1.807) is 0 Å². The van der Waals surface area contributed by atoms with Gasteiger partial charge in [0.1, 0.15) is 5.82 Å². The summed E-state index contributed by atoms with van der Waals surface area (Å²) in [5.74, 6) is 2.54. The van der Waals surface area contributed by atoms with Gasteiger partial charge >= 0.3 is 0 Å². The van der Waals surface area contributed by atoms with Crippen molar-refractivity contribution in [1.82, 2.24) is 15.6 Å². The third-order valence-corrected chi connectivity index (χ3v) is 5.17. The number of rotatable bonds is 8. The van der Waals surface area contributed by atoms with Crippen LogP contribution in [0.3, 0.4) is 0 Å². The minimum Gasteiger partial charge on any atom is -0.381 e. The van der Waals surface area contributed by atoms with Crippen molar-refractivity contribution < 1.29 is 9.47 Å². The summed E-state index contributed by atoms with van der Waals surface area (Å²) in [6, 6.07) is 6.54. The Morgan fingerprint density at radius 1 is 1.32 bits per heavy atom. The maximum Gasteiger partial charge on any atom is 0.191 e. The molecule has 3 rings (SSSR count). The molecule has 1 aromatic heterocycles. The second-order valence-electron chi connectivity index (χ2n) is 7.25. The zero-order chi connectivity index (χ0) is 18.7. The van der Waals surface area contributed by atoms with E-state index in [1.807, 2.05) is 25.4 Å². The number of ether oxygens (including phenoxy) is 2. The molecule has 0 aromatic carbocycles. The Hall–Kier alpha value is -1.13. The standard InChI is InChI=1S/C20H33N5O2.HI/c1-21-20(23-10-4-13-26-15-17-8-14-27-16-17)24-18-6-11-25(12-7-18)19-5-2-3-9-22-19;/h2-3,5,9,17-18H,4,6-8,10-16H2,1H3,(H2,21,23,24);1H. The van der Waals surface area contributed by atoms with Gasteiger partial charge in [0.2, 0.25) is 0 Å². The van der Waals surface area contributed by atoms with Gasteiger partial charge in [0.15, 0.2) is 5.96 Å². The predicted octanol–water partition coefficient (Wildman–Crippen LogP) is 2.28. The van der Waals surface area contributed by atoms with E-state index in [1.165, 1.54) is 0 Å². The van der Waals surface area contributed by atoms with Crippen LogP contribution in [0.4, 0.5) is 5.82 Å². The van der Waals surface area contributed by atoms with Crippen LogP contribution in [0.2, 0.25) is 0 Å². The first kappa shape index (κ1) is 23.2. The number of piperidine rings is 1.